The summed E-state index contributed by atoms with van der Waals surface area (Å²) in [4.78, 5) is 4.15. The molecule has 1 unspecified atom stereocenters. The van der Waals surface area contributed by atoms with Crippen molar-refractivity contribution < 1.29 is 5.11 Å². The van der Waals surface area contributed by atoms with Crippen molar-refractivity contribution in [3.63, 3.8) is 0 Å². The Hall–Kier alpha value is -1.75. The highest BCUT2D eigenvalue weighted by Gasteiger charge is 2.13. The molecule has 0 saturated heterocycles. The van der Waals surface area contributed by atoms with Gasteiger partial charge in [-0.25, -0.2) is 0 Å². The van der Waals surface area contributed by atoms with Gasteiger partial charge in [0.1, 0.15) is 0 Å². The van der Waals surface area contributed by atoms with E-state index in [4.69, 9.17) is 0 Å². The van der Waals surface area contributed by atoms with Crippen LogP contribution in [-0.4, -0.2) is 25.1 Å². The molecule has 0 fully saturated rings. The molecule has 5 nitrogen and oxygen atoms in total. The molecule has 84 valence electrons. The first-order chi connectivity index (χ1) is 7.66. The highest BCUT2D eigenvalue weighted by molar-refractivity contribution is 5.22. The number of aryl methyl sites for hydroxylation is 2. The summed E-state index contributed by atoms with van der Waals surface area (Å²) < 4.78 is 1.62. The molecule has 1 atom stereocenters. The zero-order chi connectivity index (χ0) is 11.5. The fraction of sp³-hybridized carbons (Fsp3) is 0.364. The van der Waals surface area contributed by atoms with Crippen molar-refractivity contribution in [2.24, 2.45) is 7.05 Å². The van der Waals surface area contributed by atoms with E-state index in [-0.39, 0.29) is 0 Å². The summed E-state index contributed by atoms with van der Waals surface area (Å²) in [5.41, 5.74) is 2.46. The van der Waals surface area contributed by atoms with Crippen LogP contribution in [0.4, 0.5) is 0 Å². The Morgan fingerprint density at radius 1 is 1.50 bits per heavy atom. The molecule has 2 aromatic rings. The van der Waals surface area contributed by atoms with Crippen LogP contribution in [0.15, 0.2) is 24.5 Å². The summed E-state index contributed by atoms with van der Waals surface area (Å²) in [6, 6.07) is 3.70. The van der Waals surface area contributed by atoms with Crippen LogP contribution in [-0.2, 0) is 13.5 Å². The van der Waals surface area contributed by atoms with Gasteiger partial charge < -0.3 is 5.11 Å². The average Bonchev–Trinajstić information content (AvgIpc) is 2.64. The van der Waals surface area contributed by atoms with E-state index in [1.807, 2.05) is 19.1 Å². The van der Waals surface area contributed by atoms with Crippen molar-refractivity contribution in [3.8, 4) is 0 Å². The second-order valence-electron chi connectivity index (χ2n) is 3.78. The fourth-order valence-electron chi connectivity index (χ4n) is 1.65. The van der Waals surface area contributed by atoms with E-state index in [0.717, 1.165) is 17.0 Å². The number of hydrogen-bond donors (Lipinski definition) is 1. The molecule has 2 aromatic heterocycles. The van der Waals surface area contributed by atoms with Gasteiger partial charge in [-0.2, -0.15) is 0 Å². The van der Waals surface area contributed by atoms with Gasteiger partial charge in [0.05, 0.1) is 11.8 Å². The maximum absolute atomic E-state index is 10.0. The summed E-state index contributed by atoms with van der Waals surface area (Å²) in [6.45, 7) is 1.88. The molecule has 0 aliphatic rings. The SMILES string of the molecule is Cc1ncccc1C(O)Cc1cn(C)nn1. The van der Waals surface area contributed by atoms with Crippen LogP contribution in [0.25, 0.3) is 0 Å². The Labute approximate surface area is 93.8 Å². The predicted molar refractivity (Wildman–Crippen MR) is 58.6 cm³/mol. The first-order valence-corrected chi connectivity index (χ1v) is 5.11. The number of aromatic nitrogens is 4. The predicted octanol–water partition coefficient (Wildman–Crippen LogP) is 0.795. The van der Waals surface area contributed by atoms with Gasteiger partial charge >= 0.3 is 0 Å². The zero-order valence-electron chi connectivity index (χ0n) is 9.33. The van der Waals surface area contributed by atoms with Crippen molar-refractivity contribution >= 4 is 0 Å². The third-order valence-corrected chi connectivity index (χ3v) is 2.46. The van der Waals surface area contributed by atoms with Crippen LogP contribution >= 0.6 is 0 Å². The third-order valence-electron chi connectivity index (χ3n) is 2.46. The van der Waals surface area contributed by atoms with Crippen LogP contribution in [0.5, 0.6) is 0 Å². The summed E-state index contributed by atoms with van der Waals surface area (Å²) in [7, 11) is 1.80. The van der Waals surface area contributed by atoms with E-state index < -0.39 is 6.10 Å². The molecule has 2 rings (SSSR count). The van der Waals surface area contributed by atoms with Crippen LogP contribution in [0.1, 0.15) is 23.1 Å². The second kappa shape index (κ2) is 4.40. The molecule has 5 heteroatoms. The topological polar surface area (TPSA) is 63.8 Å². The number of hydrogen-bond acceptors (Lipinski definition) is 4. The molecule has 0 radical (unpaired) electrons. The number of aliphatic hydroxyl groups excluding tert-OH is 1. The van der Waals surface area contributed by atoms with E-state index in [1.54, 1.807) is 24.1 Å². The van der Waals surface area contributed by atoms with Gasteiger partial charge in [-0.05, 0) is 13.0 Å². The Kier molecular flexibility index (Phi) is 2.96. The summed E-state index contributed by atoms with van der Waals surface area (Å²) in [5, 5.41) is 17.8. The monoisotopic (exact) mass is 218 g/mol. The second-order valence-corrected chi connectivity index (χ2v) is 3.78. The van der Waals surface area contributed by atoms with Gasteiger partial charge in [0, 0.05) is 37.1 Å². The van der Waals surface area contributed by atoms with Gasteiger partial charge in [-0.3, -0.25) is 9.67 Å². The van der Waals surface area contributed by atoms with Gasteiger partial charge in [-0.1, -0.05) is 11.3 Å². The molecule has 0 aromatic carbocycles. The van der Waals surface area contributed by atoms with Crippen molar-refractivity contribution in [2.45, 2.75) is 19.4 Å². The van der Waals surface area contributed by atoms with Gasteiger partial charge in [0.15, 0.2) is 0 Å². The Bertz CT molecular complexity index is 480. The Morgan fingerprint density at radius 2 is 2.31 bits per heavy atom. The van der Waals surface area contributed by atoms with Gasteiger partial charge in [0.25, 0.3) is 0 Å². The van der Waals surface area contributed by atoms with Gasteiger partial charge in [-0.15, -0.1) is 5.10 Å². The maximum Gasteiger partial charge on any atom is 0.0864 e. The van der Waals surface area contributed by atoms with E-state index >= 15 is 0 Å². The minimum Gasteiger partial charge on any atom is -0.388 e. The number of pyridine rings is 1. The first kappa shape index (κ1) is 10.8. The van der Waals surface area contributed by atoms with E-state index in [2.05, 4.69) is 15.3 Å². The molecular formula is C11H14N4O. The lowest BCUT2D eigenvalue weighted by Gasteiger charge is -2.10. The van der Waals surface area contributed by atoms with Crippen LogP contribution < -0.4 is 0 Å². The first-order valence-electron chi connectivity index (χ1n) is 5.11. The molecule has 16 heavy (non-hydrogen) atoms. The Morgan fingerprint density at radius 3 is 2.94 bits per heavy atom. The molecule has 0 aliphatic carbocycles. The summed E-state index contributed by atoms with van der Waals surface area (Å²) in [6.07, 6.45) is 3.40. The smallest absolute Gasteiger partial charge is 0.0864 e. The quantitative estimate of drug-likeness (QED) is 0.827. The summed E-state index contributed by atoms with van der Waals surface area (Å²) in [5.74, 6) is 0. The van der Waals surface area contributed by atoms with Crippen molar-refractivity contribution in [2.75, 3.05) is 0 Å². The van der Waals surface area contributed by atoms with Gasteiger partial charge in [0.2, 0.25) is 0 Å². The molecule has 0 saturated carbocycles. The zero-order valence-corrected chi connectivity index (χ0v) is 9.33. The molecule has 0 spiro atoms. The van der Waals surface area contributed by atoms with Crippen LogP contribution in [0, 0.1) is 6.92 Å². The average molecular weight is 218 g/mol. The largest absolute Gasteiger partial charge is 0.388 e. The van der Waals surface area contributed by atoms with Crippen molar-refractivity contribution in [1.82, 2.24) is 20.0 Å². The van der Waals surface area contributed by atoms with Crippen molar-refractivity contribution in [3.05, 3.63) is 41.5 Å². The standard InChI is InChI=1S/C11H14N4O/c1-8-10(4-3-5-12-8)11(16)6-9-7-15(2)14-13-9/h3-5,7,11,16H,6H2,1-2H3. The van der Waals surface area contributed by atoms with E-state index in [9.17, 15) is 5.11 Å². The molecule has 0 bridgehead atoms. The lowest BCUT2D eigenvalue weighted by molar-refractivity contribution is 0.176. The molecule has 0 amide bonds. The molecule has 2 heterocycles. The van der Waals surface area contributed by atoms with E-state index in [0.29, 0.717) is 6.42 Å². The fourth-order valence-corrected chi connectivity index (χ4v) is 1.65. The highest BCUT2D eigenvalue weighted by atomic mass is 16.3. The molecule has 1 N–H and O–H groups in total. The minimum atomic E-state index is -0.578. The lowest BCUT2D eigenvalue weighted by Crippen LogP contribution is -2.05. The third kappa shape index (κ3) is 2.25. The number of nitrogens with zero attached hydrogens (tertiary/aromatic N) is 4. The van der Waals surface area contributed by atoms with Crippen LogP contribution in [0.2, 0.25) is 0 Å². The lowest BCUT2D eigenvalue weighted by atomic mass is 10.0. The number of rotatable bonds is 3. The number of aliphatic hydroxyl groups is 1. The summed E-state index contributed by atoms with van der Waals surface area (Å²) >= 11 is 0. The Balaban J connectivity index is 2.14. The van der Waals surface area contributed by atoms with Crippen LogP contribution in [0.3, 0.4) is 0 Å². The van der Waals surface area contributed by atoms with E-state index in [1.165, 1.54) is 0 Å². The highest BCUT2D eigenvalue weighted by Crippen LogP contribution is 2.18. The maximum atomic E-state index is 10.0. The molecule has 0 aliphatic heterocycles. The normalized spacial score (nSPS) is 12.7. The minimum absolute atomic E-state index is 0.459. The molecular weight excluding hydrogens is 204 g/mol. The van der Waals surface area contributed by atoms with Crippen molar-refractivity contribution in [1.29, 1.82) is 0 Å².